The molecule has 0 radical (unpaired) electrons. The lowest BCUT2D eigenvalue weighted by Gasteiger charge is -2.50. The summed E-state index contributed by atoms with van der Waals surface area (Å²) in [6.45, 7) is 0.532. The molecule has 0 aromatic heterocycles. The van der Waals surface area contributed by atoms with Crippen LogP contribution < -0.4 is 10.0 Å². The van der Waals surface area contributed by atoms with Crippen LogP contribution in [-0.2, 0) is 28.4 Å². The van der Waals surface area contributed by atoms with E-state index in [1.165, 1.54) is 23.1 Å². The number of halogens is 3. The molecular weight excluding hydrogens is 458 g/mol. The molecule has 0 saturated heterocycles. The van der Waals surface area contributed by atoms with Gasteiger partial charge in [-0.1, -0.05) is 48.4 Å². The Morgan fingerprint density at radius 2 is 1.90 bits per heavy atom. The fourth-order valence-electron chi connectivity index (χ4n) is 4.80. The van der Waals surface area contributed by atoms with Gasteiger partial charge < -0.3 is 5.32 Å². The van der Waals surface area contributed by atoms with Gasteiger partial charge in [0.1, 0.15) is 0 Å². The predicted octanol–water partition coefficient (Wildman–Crippen LogP) is 4.85. The van der Waals surface area contributed by atoms with Crippen LogP contribution in [0.5, 0.6) is 0 Å². The smallest absolute Gasteiger partial charge is 0.211 e. The fraction of sp³-hybridized carbons (Fsp3) is 0.478. The van der Waals surface area contributed by atoms with Gasteiger partial charge in [0.25, 0.3) is 0 Å². The second-order valence-corrected chi connectivity index (χ2v) is 10.7. The Kier molecular flexibility index (Phi) is 8.03. The lowest BCUT2D eigenvalue weighted by Crippen LogP contribution is -2.49. The van der Waals surface area contributed by atoms with E-state index in [0.29, 0.717) is 0 Å². The van der Waals surface area contributed by atoms with Crippen LogP contribution in [0.4, 0.5) is 4.39 Å². The van der Waals surface area contributed by atoms with Crippen molar-refractivity contribution < 1.29 is 12.8 Å². The van der Waals surface area contributed by atoms with Crippen LogP contribution in [0, 0.1) is 0 Å². The Labute approximate surface area is 195 Å². The van der Waals surface area contributed by atoms with Gasteiger partial charge in [0, 0.05) is 23.0 Å². The minimum Gasteiger partial charge on any atom is -0.309 e. The van der Waals surface area contributed by atoms with Crippen molar-refractivity contribution in [2.24, 2.45) is 0 Å². The van der Waals surface area contributed by atoms with Crippen molar-refractivity contribution in [2.45, 2.75) is 50.1 Å². The maximum atomic E-state index is 12.3. The first kappa shape index (κ1) is 24.5. The van der Waals surface area contributed by atoms with E-state index in [2.05, 4.69) is 34.3 Å². The maximum Gasteiger partial charge on any atom is 0.211 e. The summed E-state index contributed by atoms with van der Waals surface area (Å²) in [5.74, 6) is -0.182. The molecule has 0 amide bonds. The van der Waals surface area contributed by atoms with Crippen molar-refractivity contribution in [3.05, 3.63) is 69.7 Å². The highest BCUT2D eigenvalue weighted by molar-refractivity contribution is 7.89. The van der Waals surface area contributed by atoms with Crippen LogP contribution in [0.25, 0.3) is 0 Å². The molecule has 1 aliphatic carbocycles. The van der Waals surface area contributed by atoms with Crippen molar-refractivity contribution in [1.82, 2.24) is 10.0 Å². The maximum absolute atomic E-state index is 12.3. The average Bonchev–Trinajstić information content (AvgIpc) is 2.71. The van der Waals surface area contributed by atoms with E-state index in [9.17, 15) is 12.8 Å². The van der Waals surface area contributed by atoms with Gasteiger partial charge in [-0.15, -0.1) is 12.4 Å². The molecule has 170 valence electrons. The molecule has 8 heteroatoms. The van der Waals surface area contributed by atoms with Gasteiger partial charge in [0.05, 0.1) is 12.4 Å². The number of sulfonamides is 1. The number of nitrogens with one attached hydrogen (secondary N) is 2. The molecule has 1 unspecified atom stereocenters. The van der Waals surface area contributed by atoms with Crippen molar-refractivity contribution in [2.75, 3.05) is 19.0 Å². The summed E-state index contributed by atoms with van der Waals surface area (Å²) < 4.78 is 39.0. The van der Waals surface area contributed by atoms with Gasteiger partial charge in [-0.2, -0.15) is 0 Å². The molecular formula is C23H29Cl2FN2O2S. The SMILES string of the molecule is Cl.O=S(=O)(CCCF)NCc1ccc2c(c1)C(C1(c3ccc(Cl)cc3)CCC1)NCC2. The third-order valence-electron chi connectivity index (χ3n) is 6.52. The van der Waals surface area contributed by atoms with Crippen LogP contribution >= 0.6 is 24.0 Å². The first-order chi connectivity index (χ1) is 14.4. The Bertz CT molecular complexity index is 995. The Hall–Kier alpha value is -1.18. The summed E-state index contributed by atoms with van der Waals surface area (Å²) in [6, 6.07) is 14.7. The summed E-state index contributed by atoms with van der Waals surface area (Å²) in [5.41, 5.74) is 4.86. The van der Waals surface area contributed by atoms with E-state index in [1.807, 2.05) is 18.2 Å². The minimum absolute atomic E-state index is 0. The van der Waals surface area contributed by atoms with Crippen molar-refractivity contribution in [1.29, 1.82) is 0 Å². The van der Waals surface area contributed by atoms with E-state index in [4.69, 9.17) is 11.6 Å². The molecule has 31 heavy (non-hydrogen) atoms. The second-order valence-electron chi connectivity index (χ2n) is 8.37. The molecule has 4 rings (SSSR count). The molecule has 0 spiro atoms. The largest absolute Gasteiger partial charge is 0.309 e. The number of hydrogen-bond acceptors (Lipinski definition) is 3. The molecule has 1 atom stereocenters. The molecule has 2 N–H and O–H groups in total. The molecule has 1 fully saturated rings. The Balaban J connectivity index is 0.00000272. The molecule has 1 aliphatic heterocycles. The number of benzene rings is 2. The molecule has 0 bridgehead atoms. The molecule has 2 aromatic rings. The summed E-state index contributed by atoms with van der Waals surface area (Å²) >= 11 is 6.12. The van der Waals surface area contributed by atoms with E-state index in [0.717, 1.165) is 36.4 Å². The number of alkyl halides is 1. The zero-order valence-corrected chi connectivity index (χ0v) is 19.8. The van der Waals surface area contributed by atoms with Crippen LogP contribution in [-0.4, -0.2) is 27.4 Å². The summed E-state index contributed by atoms with van der Waals surface area (Å²) in [4.78, 5) is 0. The minimum atomic E-state index is -3.46. The lowest BCUT2D eigenvalue weighted by atomic mass is 9.58. The molecule has 2 aliphatic rings. The first-order valence-electron chi connectivity index (χ1n) is 10.6. The zero-order chi connectivity index (χ0) is 21.2. The monoisotopic (exact) mass is 486 g/mol. The quantitative estimate of drug-likeness (QED) is 0.560. The summed E-state index contributed by atoms with van der Waals surface area (Å²) in [6.07, 6.45) is 4.42. The Morgan fingerprint density at radius 3 is 2.55 bits per heavy atom. The van der Waals surface area contributed by atoms with Crippen molar-refractivity contribution >= 4 is 34.0 Å². The average molecular weight is 487 g/mol. The normalized spacial score (nSPS) is 19.7. The van der Waals surface area contributed by atoms with Gasteiger partial charge >= 0.3 is 0 Å². The highest BCUT2D eigenvalue weighted by Gasteiger charge is 2.47. The van der Waals surface area contributed by atoms with Gasteiger partial charge in [-0.3, -0.25) is 4.39 Å². The van der Waals surface area contributed by atoms with Gasteiger partial charge in [0.2, 0.25) is 10.0 Å². The van der Waals surface area contributed by atoms with E-state index in [1.54, 1.807) is 0 Å². The lowest BCUT2D eigenvalue weighted by molar-refractivity contribution is 0.164. The van der Waals surface area contributed by atoms with Gasteiger partial charge in [-0.05, 0) is 66.6 Å². The standard InChI is InChI=1S/C23H28ClFN2O2S.ClH/c24-20-7-5-19(6-8-20)23(10-1-11-23)22-21-15-17(3-4-18(21)9-13-26-22)16-27-30(28,29)14-2-12-25;/h3-8,15,22,26-27H,1-2,9-14,16H2;1H. The van der Waals surface area contributed by atoms with Crippen LogP contribution in [0.2, 0.25) is 5.02 Å². The molecule has 4 nitrogen and oxygen atoms in total. The molecule has 1 heterocycles. The van der Waals surface area contributed by atoms with Crippen LogP contribution in [0.1, 0.15) is 54.0 Å². The van der Waals surface area contributed by atoms with Crippen molar-refractivity contribution in [3.8, 4) is 0 Å². The van der Waals surface area contributed by atoms with Crippen LogP contribution in [0.15, 0.2) is 42.5 Å². The number of rotatable bonds is 8. The predicted molar refractivity (Wildman–Crippen MR) is 126 cm³/mol. The topological polar surface area (TPSA) is 58.2 Å². The first-order valence-corrected chi connectivity index (χ1v) is 12.6. The second kappa shape index (κ2) is 10.2. The molecule has 1 saturated carbocycles. The number of hydrogen-bond donors (Lipinski definition) is 2. The zero-order valence-electron chi connectivity index (χ0n) is 17.4. The van der Waals surface area contributed by atoms with Gasteiger partial charge in [0.15, 0.2) is 0 Å². The fourth-order valence-corrected chi connectivity index (χ4v) is 5.94. The summed E-state index contributed by atoms with van der Waals surface area (Å²) in [5, 5.41) is 4.49. The highest BCUT2D eigenvalue weighted by Crippen LogP contribution is 2.53. The molecule has 2 aromatic carbocycles. The van der Waals surface area contributed by atoms with Crippen LogP contribution in [0.3, 0.4) is 0 Å². The third-order valence-corrected chi connectivity index (χ3v) is 8.19. The van der Waals surface area contributed by atoms with Gasteiger partial charge in [-0.25, -0.2) is 13.1 Å². The van der Waals surface area contributed by atoms with E-state index in [-0.39, 0.29) is 42.6 Å². The van der Waals surface area contributed by atoms with E-state index < -0.39 is 16.7 Å². The Morgan fingerprint density at radius 1 is 1.16 bits per heavy atom. The highest BCUT2D eigenvalue weighted by atomic mass is 35.5. The van der Waals surface area contributed by atoms with Crippen molar-refractivity contribution in [3.63, 3.8) is 0 Å². The summed E-state index contributed by atoms with van der Waals surface area (Å²) in [7, 11) is -3.46. The van der Waals surface area contributed by atoms with E-state index >= 15 is 0 Å². The number of fused-ring (bicyclic) bond motifs is 1. The third kappa shape index (κ3) is 5.25.